The van der Waals surface area contributed by atoms with Gasteiger partial charge < -0.3 is 42.5 Å². The smallest absolute Gasteiger partial charge is 0.159 e. The molecule has 0 fully saturated rings. The topological polar surface area (TPSA) is 160 Å². The van der Waals surface area contributed by atoms with Gasteiger partial charge in [0.25, 0.3) is 0 Å². The molecule has 0 amide bonds. The van der Waals surface area contributed by atoms with Crippen molar-refractivity contribution in [1.29, 1.82) is 0 Å². The van der Waals surface area contributed by atoms with Gasteiger partial charge in [0.1, 0.15) is 0 Å². The number of aromatic hydroxyl groups is 4. The predicted octanol–water partition coefficient (Wildman–Crippen LogP) is 1.56. The van der Waals surface area contributed by atoms with Gasteiger partial charge in [-0.3, -0.25) is 0 Å². The van der Waals surface area contributed by atoms with E-state index >= 15 is 0 Å². The molecule has 12 N–H and O–H groups in total. The summed E-state index contributed by atoms with van der Waals surface area (Å²) in [6, 6.07) is 13.6. The summed E-state index contributed by atoms with van der Waals surface area (Å²) >= 11 is 0. The average molecular weight is 412 g/mol. The first-order valence-corrected chi connectivity index (χ1v) is 9.73. The molecule has 0 aliphatic rings. The SMILES string of the molecule is [NH3+]CCc1cc(O)c(O)cc1Nc1ccc(Nc2cc(O)c(O)cc2CC[NH3+])cc1. The third kappa shape index (κ3) is 4.86. The highest BCUT2D eigenvalue weighted by molar-refractivity contribution is 5.71. The molecule has 8 heteroatoms. The Morgan fingerprint density at radius 3 is 1.23 bits per heavy atom. The summed E-state index contributed by atoms with van der Waals surface area (Å²) < 4.78 is 0. The van der Waals surface area contributed by atoms with Gasteiger partial charge in [-0.05, 0) is 47.5 Å². The minimum Gasteiger partial charge on any atom is -0.504 e. The Morgan fingerprint density at radius 1 is 0.567 bits per heavy atom. The monoisotopic (exact) mass is 412 g/mol. The van der Waals surface area contributed by atoms with Gasteiger partial charge in [0.2, 0.25) is 0 Å². The van der Waals surface area contributed by atoms with Crippen molar-refractivity contribution in [1.82, 2.24) is 0 Å². The molecule has 0 aliphatic heterocycles. The minimum absolute atomic E-state index is 0.154. The molecular formula is C22H28N4O4+2. The third-order valence-corrected chi connectivity index (χ3v) is 4.74. The molecule has 0 aromatic heterocycles. The lowest BCUT2D eigenvalue weighted by Gasteiger charge is -2.15. The molecule has 0 heterocycles. The number of nitrogens with one attached hydrogen (secondary N) is 2. The zero-order valence-electron chi connectivity index (χ0n) is 16.7. The van der Waals surface area contributed by atoms with Gasteiger partial charge in [-0.15, -0.1) is 0 Å². The standard InChI is InChI=1S/C22H26N4O4/c23-7-5-13-9-19(27)21(29)11-17(13)25-15-1-2-16(4-3-15)26-18-12-22(30)20(28)10-14(18)6-8-24/h1-4,9-12,25-30H,5-8,23-24H2/p+2. The Kier molecular flexibility index (Phi) is 6.51. The summed E-state index contributed by atoms with van der Waals surface area (Å²) in [5.74, 6) is -0.681. The van der Waals surface area contributed by atoms with Crippen molar-refractivity contribution in [2.45, 2.75) is 12.8 Å². The van der Waals surface area contributed by atoms with Crippen molar-refractivity contribution >= 4 is 22.7 Å². The second-order valence-corrected chi connectivity index (χ2v) is 7.03. The highest BCUT2D eigenvalue weighted by Gasteiger charge is 2.11. The van der Waals surface area contributed by atoms with Crippen LogP contribution in [0.25, 0.3) is 0 Å². The zero-order chi connectivity index (χ0) is 21.7. The maximum atomic E-state index is 9.83. The molecular weight excluding hydrogens is 384 g/mol. The summed E-state index contributed by atoms with van der Waals surface area (Å²) in [5.41, 5.74) is 12.4. The average Bonchev–Trinajstić information content (AvgIpc) is 2.71. The lowest BCUT2D eigenvalue weighted by atomic mass is 10.1. The van der Waals surface area contributed by atoms with Crippen molar-refractivity contribution in [3.05, 3.63) is 59.7 Å². The second-order valence-electron chi connectivity index (χ2n) is 7.03. The number of quaternary nitrogens is 2. The van der Waals surface area contributed by atoms with Crippen LogP contribution in [0.3, 0.4) is 0 Å². The largest absolute Gasteiger partial charge is 0.504 e. The van der Waals surface area contributed by atoms with Crippen LogP contribution in [0, 0.1) is 0 Å². The van der Waals surface area contributed by atoms with E-state index in [1.807, 2.05) is 24.3 Å². The van der Waals surface area contributed by atoms with Crippen LogP contribution in [0.5, 0.6) is 23.0 Å². The summed E-state index contributed by atoms with van der Waals surface area (Å²) in [5, 5.41) is 45.7. The Hall–Kier alpha value is -3.62. The quantitative estimate of drug-likeness (QED) is 0.207. The number of phenols is 4. The summed E-state index contributed by atoms with van der Waals surface area (Å²) in [4.78, 5) is 0. The van der Waals surface area contributed by atoms with Crippen molar-refractivity contribution in [3.8, 4) is 23.0 Å². The van der Waals surface area contributed by atoms with Crippen LogP contribution in [-0.2, 0) is 12.8 Å². The van der Waals surface area contributed by atoms with Gasteiger partial charge in [-0.1, -0.05) is 0 Å². The first-order valence-electron chi connectivity index (χ1n) is 9.73. The first-order chi connectivity index (χ1) is 14.4. The Morgan fingerprint density at radius 2 is 0.900 bits per heavy atom. The van der Waals surface area contributed by atoms with E-state index in [9.17, 15) is 20.4 Å². The molecule has 0 unspecified atom stereocenters. The molecule has 0 saturated heterocycles. The van der Waals surface area contributed by atoms with E-state index in [1.54, 1.807) is 12.1 Å². The van der Waals surface area contributed by atoms with Crippen molar-refractivity contribution in [3.63, 3.8) is 0 Å². The van der Waals surface area contributed by atoms with Crippen LogP contribution < -0.4 is 22.1 Å². The lowest BCUT2D eigenvalue weighted by Crippen LogP contribution is -2.51. The van der Waals surface area contributed by atoms with Crippen LogP contribution >= 0.6 is 0 Å². The highest BCUT2D eigenvalue weighted by Crippen LogP contribution is 2.35. The van der Waals surface area contributed by atoms with Gasteiger partial charge in [0, 0.05) is 47.7 Å². The van der Waals surface area contributed by atoms with Gasteiger partial charge in [-0.2, -0.15) is 0 Å². The van der Waals surface area contributed by atoms with Crippen LogP contribution in [0.15, 0.2) is 48.5 Å². The minimum atomic E-state index is -0.186. The molecule has 3 aromatic carbocycles. The number of hydrogen-bond acceptors (Lipinski definition) is 6. The van der Waals surface area contributed by atoms with E-state index in [-0.39, 0.29) is 23.0 Å². The molecule has 3 aromatic rings. The lowest BCUT2D eigenvalue weighted by molar-refractivity contribution is -0.367. The normalized spacial score (nSPS) is 10.7. The number of phenolic OH excluding ortho intramolecular Hbond substituents is 4. The fourth-order valence-corrected chi connectivity index (χ4v) is 3.22. The van der Waals surface area contributed by atoms with E-state index in [0.29, 0.717) is 37.3 Å². The summed E-state index contributed by atoms with van der Waals surface area (Å²) in [6.45, 7) is 1.33. The Bertz CT molecular complexity index is 940. The highest BCUT2D eigenvalue weighted by atomic mass is 16.3. The Balaban J connectivity index is 1.80. The number of hydrogen-bond donors (Lipinski definition) is 8. The van der Waals surface area contributed by atoms with E-state index in [0.717, 1.165) is 22.5 Å². The second kappa shape index (κ2) is 9.25. The molecule has 0 spiro atoms. The number of anilines is 4. The van der Waals surface area contributed by atoms with Gasteiger partial charge in [-0.25, -0.2) is 0 Å². The molecule has 0 aliphatic carbocycles. The molecule has 3 rings (SSSR count). The number of benzene rings is 3. The van der Waals surface area contributed by atoms with Crippen molar-refractivity contribution < 1.29 is 31.9 Å². The summed E-state index contributed by atoms with van der Waals surface area (Å²) in [7, 11) is 0. The van der Waals surface area contributed by atoms with E-state index < -0.39 is 0 Å². The van der Waals surface area contributed by atoms with Gasteiger partial charge in [0.15, 0.2) is 23.0 Å². The first kappa shape index (κ1) is 21.1. The molecule has 30 heavy (non-hydrogen) atoms. The molecule has 0 bridgehead atoms. The number of rotatable bonds is 8. The maximum absolute atomic E-state index is 9.83. The summed E-state index contributed by atoms with van der Waals surface area (Å²) in [6.07, 6.45) is 1.32. The molecule has 8 nitrogen and oxygen atoms in total. The molecule has 0 saturated carbocycles. The molecule has 0 atom stereocenters. The molecule has 158 valence electrons. The third-order valence-electron chi connectivity index (χ3n) is 4.74. The van der Waals surface area contributed by atoms with Gasteiger partial charge in [0.05, 0.1) is 13.1 Å². The Labute approximate surface area is 174 Å². The van der Waals surface area contributed by atoms with Crippen molar-refractivity contribution in [2.75, 3.05) is 23.7 Å². The maximum Gasteiger partial charge on any atom is 0.159 e. The fraction of sp³-hybridized carbons (Fsp3) is 0.182. The van der Waals surface area contributed by atoms with Crippen LogP contribution in [0.4, 0.5) is 22.7 Å². The van der Waals surface area contributed by atoms with Crippen LogP contribution in [0.1, 0.15) is 11.1 Å². The van der Waals surface area contributed by atoms with Crippen molar-refractivity contribution in [2.24, 2.45) is 0 Å². The predicted molar refractivity (Wildman–Crippen MR) is 115 cm³/mol. The van der Waals surface area contributed by atoms with Gasteiger partial charge >= 0.3 is 0 Å². The van der Waals surface area contributed by atoms with Crippen LogP contribution in [-0.4, -0.2) is 33.5 Å². The van der Waals surface area contributed by atoms with E-state index in [1.165, 1.54) is 12.1 Å². The zero-order valence-corrected chi connectivity index (χ0v) is 16.7. The van der Waals surface area contributed by atoms with Crippen LogP contribution in [0.2, 0.25) is 0 Å². The van der Waals surface area contributed by atoms with E-state index in [2.05, 4.69) is 22.1 Å². The van der Waals surface area contributed by atoms with E-state index in [4.69, 9.17) is 0 Å². The molecule has 0 radical (unpaired) electrons. The fourth-order valence-electron chi connectivity index (χ4n) is 3.22.